The molecule has 2 N–H and O–H groups in total. The van der Waals surface area contributed by atoms with Gasteiger partial charge in [0.1, 0.15) is 0 Å². The number of halogens is 1. The number of nitrogens with two attached hydrogens (primary N) is 1. The van der Waals surface area contributed by atoms with Crippen molar-refractivity contribution in [3.8, 4) is 0 Å². The van der Waals surface area contributed by atoms with Gasteiger partial charge in [-0.2, -0.15) is 0 Å². The zero-order valence-corrected chi connectivity index (χ0v) is 11.0. The van der Waals surface area contributed by atoms with Crippen LogP contribution in [0.5, 0.6) is 0 Å². The lowest BCUT2D eigenvalue weighted by molar-refractivity contribution is 0.0526. The summed E-state index contributed by atoms with van der Waals surface area (Å²) in [5.74, 6) is 0.633. The number of hydrogen-bond acceptors (Lipinski definition) is 4. The van der Waals surface area contributed by atoms with Gasteiger partial charge < -0.3 is 10.5 Å². The topological polar surface area (TPSA) is 52.3 Å². The molecule has 90 valence electrons. The molecule has 0 radical (unpaired) electrons. The average molecular weight is 262 g/mol. The summed E-state index contributed by atoms with van der Waals surface area (Å²) in [5, 5.41) is 0. The van der Waals surface area contributed by atoms with Crippen LogP contribution in [0.2, 0.25) is 0 Å². The highest BCUT2D eigenvalue weighted by Gasteiger charge is 2.08. The number of carbonyl (C=O) groups excluding carboxylic acids is 1. The third kappa shape index (κ3) is 4.33. The second-order valence-electron chi connectivity index (χ2n) is 2.94. The number of carbonyl (C=O) groups is 1. The van der Waals surface area contributed by atoms with E-state index in [0.717, 1.165) is 10.6 Å². The molecule has 0 aliphatic carbocycles. The molecule has 1 aromatic rings. The van der Waals surface area contributed by atoms with Gasteiger partial charge in [0.25, 0.3) is 0 Å². The van der Waals surface area contributed by atoms with Crippen LogP contribution in [0, 0.1) is 0 Å². The van der Waals surface area contributed by atoms with E-state index in [1.807, 2.05) is 12.1 Å². The Bertz CT molecular complexity index is 358. The smallest absolute Gasteiger partial charge is 0.338 e. The van der Waals surface area contributed by atoms with Crippen molar-refractivity contribution in [3.63, 3.8) is 0 Å². The van der Waals surface area contributed by atoms with Gasteiger partial charge in [-0.25, -0.2) is 4.79 Å². The lowest BCUT2D eigenvalue weighted by Gasteiger charge is -2.05. The molecule has 16 heavy (non-hydrogen) atoms. The van der Waals surface area contributed by atoms with Crippen LogP contribution in [0.4, 0.5) is 5.69 Å². The molecule has 5 heteroatoms. The Kier molecular flexibility index (Phi) is 7.01. The minimum atomic E-state index is -0.317. The van der Waals surface area contributed by atoms with E-state index >= 15 is 0 Å². The van der Waals surface area contributed by atoms with Crippen molar-refractivity contribution in [2.75, 3.05) is 18.1 Å². The highest BCUT2D eigenvalue weighted by Crippen LogP contribution is 2.22. The fourth-order valence-electron chi connectivity index (χ4n) is 1.20. The predicted molar refractivity (Wildman–Crippen MR) is 70.5 cm³/mol. The second kappa shape index (κ2) is 7.41. The van der Waals surface area contributed by atoms with Crippen LogP contribution in [-0.4, -0.2) is 18.3 Å². The van der Waals surface area contributed by atoms with Gasteiger partial charge in [0, 0.05) is 10.6 Å². The van der Waals surface area contributed by atoms with Crippen LogP contribution in [0.25, 0.3) is 0 Å². The largest absolute Gasteiger partial charge is 0.462 e. The fourth-order valence-corrected chi connectivity index (χ4v) is 1.97. The van der Waals surface area contributed by atoms with E-state index < -0.39 is 0 Å². The molecule has 0 saturated carbocycles. The number of rotatable bonds is 4. The molecule has 0 aliphatic heterocycles. The summed E-state index contributed by atoms with van der Waals surface area (Å²) >= 11 is 1.65. The molecule has 0 atom stereocenters. The zero-order chi connectivity index (χ0) is 11.3. The minimum absolute atomic E-state index is 0. The van der Waals surface area contributed by atoms with Crippen LogP contribution < -0.4 is 5.73 Å². The molecular formula is C11H16ClNO2S. The molecule has 3 nitrogen and oxygen atoms in total. The first-order valence-corrected chi connectivity index (χ1v) is 5.86. The quantitative estimate of drug-likeness (QED) is 0.514. The zero-order valence-electron chi connectivity index (χ0n) is 9.36. The van der Waals surface area contributed by atoms with Crippen molar-refractivity contribution < 1.29 is 9.53 Å². The molecule has 1 aromatic carbocycles. The van der Waals surface area contributed by atoms with Crippen molar-refractivity contribution in [1.29, 1.82) is 0 Å². The molecule has 0 amide bonds. The van der Waals surface area contributed by atoms with Crippen molar-refractivity contribution in [2.45, 2.75) is 18.7 Å². The molecule has 0 bridgehead atoms. The first kappa shape index (κ1) is 15.1. The summed E-state index contributed by atoms with van der Waals surface area (Å²) in [6.07, 6.45) is 0. The predicted octanol–water partition coefficient (Wildman–Crippen LogP) is 2.98. The van der Waals surface area contributed by atoms with Crippen molar-refractivity contribution in [1.82, 2.24) is 0 Å². The van der Waals surface area contributed by atoms with Gasteiger partial charge in [-0.3, -0.25) is 0 Å². The Morgan fingerprint density at radius 1 is 1.38 bits per heavy atom. The number of esters is 1. The van der Waals surface area contributed by atoms with E-state index in [0.29, 0.717) is 17.9 Å². The molecule has 0 aromatic heterocycles. The van der Waals surface area contributed by atoms with Gasteiger partial charge >= 0.3 is 5.97 Å². The molecule has 0 heterocycles. The summed E-state index contributed by atoms with van der Waals surface area (Å²) < 4.78 is 4.91. The maximum Gasteiger partial charge on any atom is 0.338 e. The Morgan fingerprint density at radius 3 is 2.62 bits per heavy atom. The highest BCUT2D eigenvalue weighted by molar-refractivity contribution is 7.99. The van der Waals surface area contributed by atoms with E-state index in [1.54, 1.807) is 24.8 Å². The lowest BCUT2D eigenvalue weighted by Crippen LogP contribution is -2.05. The van der Waals surface area contributed by atoms with Crippen LogP contribution >= 0.6 is 24.2 Å². The summed E-state index contributed by atoms with van der Waals surface area (Å²) in [5.41, 5.74) is 6.82. The third-order valence-corrected chi connectivity index (χ3v) is 2.61. The van der Waals surface area contributed by atoms with Gasteiger partial charge in [0.2, 0.25) is 0 Å². The van der Waals surface area contributed by atoms with E-state index in [9.17, 15) is 4.79 Å². The molecular weight excluding hydrogens is 246 g/mol. The number of benzene rings is 1. The number of anilines is 1. The van der Waals surface area contributed by atoms with Crippen LogP contribution in [0.1, 0.15) is 24.2 Å². The molecule has 0 fully saturated rings. The summed E-state index contributed by atoms with van der Waals surface area (Å²) in [4.78, 5) is 12.5. The summed E-state index contributed by atoms with van der Waals surface area (Å²) in [6, 6.07) is 5.30. The van der Waals surface area contributed by atoms with Crippen LogP contribution in [-0.2, 0) is 4.74 Å². The maximum absolute atomic E-state index is 11.5. The van der Waals surface area contributed by atoms with Crippen molar-refractivity contribution >= 4 is 35.8 Å². The van der Waals surface area contributed by atoms with Crippen molar-refractivity contribution in [3.05, 3.63) is 23.8 Å². The molecule has 0 saturated heterocycles. The van der Waals surface area contributed by atoms with Gasteiger partial charge in [-0.05, 0) is 30.9 Å². The summed E-state index contributed by atoms with van der Waals surface area (Å²) in [6.45, 7) is 4.22. The van der Waals surface area contributed by atoms with E-state index in [4.69, 9.17) is 10.5 Å². The van der Waals surface area contributed by atoms with Crippen LogP contribution in [0.3, 0.4) is 0 Å². The second-order valence-corrected chi connectivity index (χ2v) is 4.28. The molecule has 1 rings (SSSR count). The molecule has 0 aliphatic rings. The third-order valence-electron chi connectivity index (χ3n) is 1.75. The van der Waals surface area contributed by atoms with E-state index in [1.165, 1.54) is 0 Å². The Morgan fingerprint density at radius 2 is 2.06 bits per heavy atom. The minimum Gasteiger partial charge on any atom is -0.462 e. The van der Waals surface area contributed by atoms with E-state index in [-0.39, 0.29) is 18.4 Å². The normalized spacial score (nSPS) is 9.38. The number of thioether (sulfide) groups is 1. The SMILES string of the molecule is CCOC(=O)c1cc(N)cc(SCC)c1.Cl. The number of ether oxygens (including phenoxy) is 1. The van der Waals surface area contributed by atoms with Gasteiger partial charge in [-0.15, -0.1) is 24.2 Å². The first-order valence-electron chi connectivity index (χ1n) is 4.87. The van der Waals surface area contributed by atoms with Crippen molar-refractivity contribution in [2.24, 2.45) is 0 Å². The average Bonchev–Trinajstić information content (AvgIpc) is 2.17. The lowest BCUT2D eigenvalue weighted by atomic mass is 10.2. The van der Waals surface area contributed by atoms with Gasteiger partial charge in [0.15, 0.2) is 0 Å². The Hall–Kier alpha value is -0.870. The van der Waals surface area contributed by atoms with Gasteiger partial charge in [0.05, 0.1) is 12.2 Å². The van der Waals surface area contributed by atoms with Crippen LogP contribution in [0.15, 0.2) is 23.1 Å². The Labute approximate surface area is 106 Å². The fraction of sp³-hybridized carbons (Fsp3) is 0.364. The standard InChI is InChI=1S/C11H15NO2S.ClH/c1-3-14-11(13)8-5-9(12)7-10(6-8)15-4-2;/h5-7H,3-4,12H2,1-2H3;1H. The number of hydrogen-bond donors (Lipinski definition) is 1. The summed E-state index contributed by atoms with van der Waals surface area (Å²) in [7, 11) is 0. The first-order chi connectivity index (χ1) is 7.17. The Balaban J connectivity index is 0.00000225. The molecule has 0 unspecified atom stereocenters. The maximum atomic E-state index is 11.5. The highest BCUT2D eigenvalue weighted by atomic mass is 35.5. The number of nitrogen functional groups attached to an aromatic ring is 1. The van der Waals surface area contributed by atoms with E-state index in [2.05, 4.69) is 6.92 Å². The molecule has 0 spiro atoms. The van der Waals surface area contributed by atoms with Gasteiger partial charge in [-0.1, -0.05) is 6.92 Å². The monoisotopic (exact) mass is 261 g/mol.